The topological polar surface area (TPSA) is 54.9 Å². The van der Waals surface area contributed by atoms with Crippen LogP contribution in [0, 0.1) is 11.6 Å². The molecule has 3 aromatic rings. The van der Waals surface area contributed by atoms with E-state index in [1.165, 1.54) is 17.8 Å². The zero-order valence-corrected chi connectivity index (χ0v) is 12.6. The Bertz CT molecular complexity index is 868. The van der Waals surface area contributed by atoms with E-state index in [4.69, 9.17) is 0 Å². The summed E-state index contributed by atoms with van der Waals surface area (Å²) in [6.45, 7) is 0. The van der Waals surface area contributed by atoms with Crippen molar-refractivity contribution in [1.29, 1.82) is 0 Å². The van der Waals surface area contributed by atoms with Gasteiger partial charge in [0.2, 0.25) is 5.91 Å². The average Bonchev–Trinajstić information content (AvgIpc) is 2.56. The number of carbonyl (C=O) groups is 1. The number of nitrogens with one attached hydrogen (secondary N) is 1. The molecule has 0 spiro atoms. The quantitative estimate of drug-likeness (QED) is 0.742. The molecule has 0 bridgehead atoms. The second-order valence-corrected chi connectivity index (χ2v) is 5.67. The number of thioether (sulfide) groups is 1. The fraction of sp³-hybridized carbons (Fsp3) is 0.0625. The zero-order chi connectivity index (χ0) is 16.2. The van der Waals surface area contributed by atoms with Gasteiger partial charge in [-0.25, -0.2) is 8.78 Å². The van der Waals surface area contributed by atoms with E-state index in [0.717, 1.165) is 22.9 Å². The third kappa shape index (κ3) is 3.62. The number of hydrogen-bond donors (Lipinski definition) is 1. The van der Waals surface area contributed by atoms with Crippen molar-refractivity contribution in [2.75, 3.05) is 11.1 Å². The molecule has 1 heterocycles. The molecular formula is C16H11F2N3OS. The number of halogens is 2. The Kier molecular flexibility index (Phi) is 4.47. The Hall–Kier alpha value is -2.54. The van der Waals surface area contributed by atoms with E-state index in [9.17, 15) is 13.6 Å². The number of rotatable bonds is 4. The standard InChI is InChI=1S/C16H11F2N3OS/c17-13-6-5-11(7-14(13)18)20-15(22)9-23-16-12-4-2-1-3-10(12)8-19-21-16/h1-8H,9H2,(H,20,22). The summed E-state index contributed by atoms with van der Waals surface area (Å²) in [5, 5.41) is 12.9. The molecule has 0 fully saturated rings. The van der Waals surface area contributed by atoms with Crippen molar-refractivity contribution < 1.29 is 13.6 Å². The summed E-state index contributed by atoms with van der Waals surface area (Å²) in [4.78, 5) is 11.9. The second-order valence-electron chi connectivity index (χ2n) is 4.70. The summed E-state index contributed by atoms with van der Waals surface area (Å²) < 4.78 is 26.0. The van der Waals surface area contributed by atoms with Gasteiger partial charge < -0.3 is 5.32 Å². The molecule has 0 saturated heterocycles. The van der Waals surface area contributed by atoms with Crippen LogP contribution < -0.4 is 5.32 Å². The number of amides is 1. The van der Waals surface area contributed by atoms with Gasteiger partial charge in [0, 0.05) is 22.5 Å². The van der Waals surface area contributed by atoms with Crippen LogP contribution in [-0.2, 0) is 4.79 Å². The minimum Gasteiger partial charge on any atom is -0.325 e. The number of aromatic nitrogens is 2. The Labute approximate surface area is 134 Å². The van der Waals surface area contributed by atoms with Gasteiger partial charge in [-0.1, -0.05) is 36.0 Å². The van der Waals surface area contributed by atoms with Crippen LogP contribution in [0.25, 0.3) is 10.8 Å². The van der Waals surface area contributed by atoms with Gasteiger partial charge in [0.05, 0.1) is 11.9 Å². The molecule has 3 rings (SSSR count). The second kappa shape index (κ2) is 6.70. The van der Waals surface area contributed by atoms with Crippen LogP contribution in [0.4, 0.5) is 14.5 Å². The predicted molar refractivity (Wildman–Crippen MR) is 85.2 cm³/mol. The van der Waals surface area contributed by atoms with E-state index >= 15 is 0 Å². The molecule has 0 atom stereocenters. The average molecular weight is 331 g/mol. The molecule has 0 aliphatic rings. The first-order chi connectivity index (χ1) is 11.1. The highest BCUT2D eigenvalue weighted by molar-refractivity contribution is 8.00. The Morgan fingerprint density at radius 1 is 1.13 bits per heavy atom. The van der Waals surface area contributed by atoms with E-state index in [2.05, 4.69) is 15.5 Å². The van der Waals surface area contributed by atoms with Gasteiger partial charge in [-0.05, 0) is 12.1 Å². The molecule has 23 heavy (non-hydrogen) atoms. The van der Waals surface area contributed by atoms with Crippen molar-refractivity contribution in [1.82, 2.24) is 10.2 Å². The van der Waals surface area contributed by atoms with Gasteiger partial charge in [0.1, 0.15) is 5.03 Å². The highest BCUT2D eigenvalue weighted by Gasteiger charge is 2.09. The van der Waals surface area contributed by atoms with Crippen LogP contribution in [-0.4, -0.2) is 21.9 Å². The maximum Gasteiger partial charge on any atom is 0.234 e. The predicted octanol–water partition coefficient (Wildman–Crippen LogP) is 3.64. The maximum atomic E-state index is 13.1. The summed E-state index contributed by atoms with van der Waals surface area (Å²) >= 11 is 1.23. The number of anilines is 1. The summed E-state index contributed by atoms with van der Waals surface area (Å²) in [5.74, 6) is -2.21. The summed E-state index contributed by atoms with van der Waals surface area (Å²) in [6, 6.07) is 10.8. The van der Waals surface area contributed by atoms with Gasteiger partial charge in [-0.15, -0.1) is 5.10 Å². The van der Waals surface area contributed by atoms with Crippen molar-refractivity contribution in [3.05, 3.63) is 60.3 Å². The monoisotopic (exact) mass is 331 g/mol. The molecular weight excluding hydrogens is 320 g/mol. The number of fused-ring (bicyclic) bond motifs is 1. The van der Waals surface area contributed by atoms with Crippen LogP contribution >= 0.6 is 11.8 Å². The van der Waals surface area contributed by atoms with Gasteiger partial charge in [-0.3, -0.25) is 4.79 Å². The smallest absolute Gasteiger partial charge is 0.234 e. The minimum atomic E-state index is -1.00. The molecule has 0 radical (unpaired) electrons. The molecule has 1 N–H and O–H groups in total. The van der Waals surface area contributed by atoms with E-state index in [1.54, 1.807) is 6.20 Å². The number of benzene rings is 2. The third-order valence-corrected chi connectivity index (χ3v) is 4.06. The molecule has 1 amide bonds. The lowest BCUT2D eigenvalue weighted by atomic mass is 10.2. The molecule has 2 aromatic carbocycles. The lowest BCUT2D eigenvalue weighted by Crippen LogP contribution is -2.14. The first-order valence-corrected chi connectivity index (χ1v) is 7.70. The summed E-state index contributed by atoms with van der Waals surface area (Å²) in [7, 11) is 0. The fourth-order valence-electron chi connectivity index (χ4n) is 2.01. The van der Waals surface area contributed by atoms with Gasteiger partial charge >= 0.3 is 0 Å². The minimum absolute atomic E-state index is 0.0850. The van der Waals surface area contributed by atoms with Crippen molar-refractivity contribution in [2.45, 2.75) is 5.03 Å². The van der Waals surface area contributed by atoms with E-state index in [0.29, 0.717) is 5.03 Å². The Morgan fingerprint density at radius 2 is 1.96 bits per heavy atom. The molecule has 0 saturated carbocycles. The molecule has 0 aliphatic heterocycles. The number of hydrogen-bond acceptors (Lipinski definition) is 4. The SMILES string of the molecule is O=C(CSc1nncc2ccccc12)Nc1ccc(F)c(F)c1. The van der Waals surface area contributed by atoms with Gasteiger partial charge in [0.15, 0.2) is 11.6 Å². The first-order valence-electron chi connectivity index (χ1n) is 6.71. The molecule has 1 aromatic heterocycles. The van der Waals surface area contributed by atoms with E-state index in [-0.39, 0.29) is 17.3 Å². The largest absolute Gasteiger partial charge is 0.325 e. The van der Waals surface area contributed by atoms with Crippen LogP contribution in [0.5, 0.6) is 0 Å². The van der Waals surface area contributed by atoms with Crippen molar-refractivity contribution in [3.63, 3.8) is 0 Å². The van der Waals surface area contributed by atoms with Gasteiger partial charge in [-0.2, -0.15) is 5.10 Å². The summed E-state index contributed by atoms with van der Waals surface area (Å²) in [6.07, 6.45) is 1.65. The van der Waals surface area contributed by atoms with Gasteiger partial charge in [0.25, 0.3) is 0 Å². The first kappa shape index (κ1) is 15.4. The van der Waals surface area contributed by atoms with Crippen LogP contribution in [0.15, 0.2) is 53.7 Å². The lowest BCUT2D eigenvalue weighted by Gasteiger charge is -2.06. The maximum absolute atomic E-state index is 13.1. The third-order valence-electron chi connectivity index (χ3n) is 3.08. The van der Waals surface area contributed by atoms with Crippen molar-refractivity contribution >= 4 is 34.1 Å². The normalized spacial score (nSPS) is 10.7. The molecule has 7 heteroatoms. The van der Waals surface area contributed by atoms with Crippen LogP contribution in [0.3, 0.4) is 0 Å². The lowest BCUT2D eigenvalue weighted by molar-refractivity contribution is -0.113. The Balaban J connectivity index is 1.67. The summed E-state index contributed by atoms with van der Waals surface area (Å²) in [5.41, 5.74) is 0.207. The number of nitrogens with zero attached hydrogens (tertiary/aromatic N) is 2. The molecule has 116 valence electrons. The van der Waals surface area contributed by atoms with E-state index in [1.807, 2.05) is 24.3 Å². The Morgan fingerprint density at radius 3 is 2.78 bits per heavy atom. The molecule has 0 unspecified atom stereocenters. The van der Waals surface area contributed by atoms with Crippen LogP contribution in [0.2, 0.25) is 0 Å². The highest BCUT2D eigenvalue weighted by Crippen LogP contribution is 2.24. The highest BCUT2D eigenvalue weighted by atomic mass is 32.2. The van der Waals surface area contributed by atoms with Crippen molar-refractivity contribution in [3.8, 4) is 0 Å². The number of carbonyl (C=O) groups excluding carboxylic acids is 1. The molecule has 0 aliphatic carbocycles. The van der Waals surface area contributed by atoms with Crippen LogP contribution in [0.1, 0.15) is 0 Å². The van der Waals surface area contributed by atoms with E-state index < -0.39 is 11.6 Å². The molecule has 4 nitrogen and oxygen atoms in total. The fourth-order valence-corrected chi connectivity index (χ4v) is 2.80. The van der Waals surface area contributed by atoms with Crippen molar-refractivity contribution in [2.24, 2.45) is 0 Å². The zero-order valence-electron chi connectivity index (χ0n) is 11.8.